The van der Waals surface area contributed by atoms with Gasteiger partial charge in [-0.3, -0.25) is 19.2 Å². The van der Waals surface area contributed by atoms with Gasteiger partial charge >= 0.3 is 23.9 Å². The molecule has 4 N–H and O–H groups in total. The predicted octanol–water partition coefficient (Wildman–Crippen LogP) is -0.462. The summed E-state index contributed by atoms with van der Waals surface area (Å²) in [7, 11) is 1.06. The molecule has 1 saturated heterocycles. The second kappa shape index (κ2) is 13.5. The van der Waals surface area contributed by atoms with Crippen LogP contribution in [-0.4, -0.2) is 79.3 Å². The lowest BCUT2D eigenvalue weighted by Crippen LogP contribution is -2.64. The van der Waals surface area contributed by atoms with E-state index in [9.17, 15) is 29.1 Å². The molecule has 0 aromatic heterocycles. The number of ether oxygens (including phenoxy) is 6. The number of carbonyl (C=O) groups excluding carboxylic acids is 5. The number of esters is 4. The Balaban J connectivity index is 2.56. The minimum atomic E-state index is -1.65. The van der Waals surface area contributed by atoms with Gasteiger partial charge in [0.25, 0.3) is 0 Å². The van der Waals surface area contributed by atoms with E-state index in [1.807, 2.05) is 0 Å². The molecule has 2 rings (SSSR count). The largest absolute Gasteiger partial charge is 0.467 e. The molecule has 14 heteroatoms. The fourth-order valence-electron chi connectivity index (χ4n) is 3.52. The highest BCUT2D eigenvalue weighted by atomic mass is 16.7. The molecule has 0 spiro atoms. The third kappa shape index (κ3) is 8.13. The highest BCUT2D eigenvalue weighted by Crippen LogP contribution is 2.34. The van der Waals surface area contributed by atoms with Crippen LogP contribution in [0.3, 0.4) is 0 Å². The second-order valence-corrected chi connectivity index (χ2v) is 7.86. The first kappa shape index (κ1) is 29.5. The van der Waals surface area contributed by atoms with Gasteiger partial charge in [0, 0.05) is 33.7 Å². The van der Waals surface area contributed by atoms with Gasteiger partial charge in [-0.05, 0) is 17.7 Å². The summed E-state index contributed by atoms with van der Waals surface area (Å²) in [6.45, 7) is 2.92. The van der Waals surface area contributed by atoms with Crippen molar-refractivity contribution in [1.82, 2.24) is 0 Å². The highest BCUT2D eigenvalue weighted by Gasteiger charge is 2.56. The molecule has 1 aromatic carbocycles. The topological polar surface area (TPSA) is 199 Å². The van der Waals surface area contributed by atoms with E-state index in [2.05, 4.69) is 5.32 Å². The molecule has 14 nitrogen and oxygen atoms in total. The van der Waals surface area contributed by atoms with Crippen molar-refractivity contribution < 1.29 is 57.5 Å². The van der Waals surface area contributed by atoms with Gasteiger partial charge in [0.15, 0.2) is 18.3 Å². The number of benzene rings is 1. The van der Waals surface area contributed by atoms with Crippen LogP contribution in [0.15, 0.2) is 18.2 Å². The lowest BCUT2D eigenvalue weighted by Gasteiger charge is -2.43. The standard InChI is InChI=1S/C23H30N2O12/c1-11(27)33-18-19(34-12(2)28)21(35-13(3)29)23(37-20(18)22(31)32-4)36-16-6-5-14(10-26)9-15(16)25-17(30)7-8-24/h5-6,9,18-21,23,26H,7-8,10,24H2,1-4H3,(H,25,30)/t18-,19?,20?,21?,23+/m0/s1. The van der Waals surface area contributed by atoms with Crippen LogP contribution in [0.2, 0.25) is 0 Å². The Morgan fingerprint density at radius 1 is 0.973 bits per heavy atom. The zero-order valence-electron chi connectivity index (χ0n) is 20.8. The average molecular weight is 526 g/mol. The van der Waals surface area contributed by atoms with Crippen LogP contribution >= 0.6 is 0 Å². The fourth-order valence-corrected chi connectivity index (χ4v) is 3.52. The summed E-state index contributed by atoms with van der Waals surface area (Å²) < 4.78 is 32.2. The zero-order valence-corrected chi connectivity index (χ0v) is 20.8. The summed E-state index contributed by atoms with van der Waals surface area (Å²) >= 11 is 0. The first-order valence-electron chi connectivity index (χ1n) is 11.2. The van der Waals surface area contributed by atoms with E-state index in [0.717, 1.165) is 27.9 Å². The first-order valence-corrected chi connectivity index (χ1v) is 11.2. The second-order valence-electron chi connectivity index (χ2n) is 7.86. The fraction of sp³-hybridized carbons (Fsp3) is 0.522. The number of carbonyl (C=O) groups is 5. The summed E-state index contributed by atoms with van der Waals surface area (Å²) in [5.41, 5.74) is 5.96. The maximum atomic E-state index is 12.5. The molecule has 1 aliphatic rings. The molecular weight excluding hydrogens is 496 g/mol. The van der Waals surface area contributed by atoms with E-state index in [1.54, 1.807) is 0 Å². The number of methoxy groups -OCH3 is 1. The molecule has 1 amide bonds. The van der Waals surface area contributed by atoms with E-state index < -0.39 is 60.5 Å². The molecule has 1 fully saturated rings. The molecule has 1 aromatic rings. The average Bonchev–Trinajstić information content (AvgIpc) is 2.82. The molecule has 0 bridgehead atoms. The van der Waals surface area contributed by atoms with Crippen molar-refractivity contribution in [2.24, 2.45) is 5.73 Å². The molecule has 0 aliphatic carbocycles. The quantitative estimate of drug-likeness (QED) is 0.261. The Morgan fingerprint density at radius 2 is 1.57 bits per heavy atom. The van der Waals surface area contributed by atoms with Crippen LogP contribution in [0.1, 0.15) is 32.8 Å². The Bertz CT molecular complexity index is 1010. The van der Waals surface area contributed by atoms with E-state index in [-0.39, 0.29) is 31.0 Å². The number of hydrogen-bond acceptors (Lipinski definition) is 13. The van der Waals surface area contributed by atoms with Crippen LogP contribution in [-0.2, 0) is 54.3 Å². The molecule has 1 heterocycles. The van der Waals surface area contributed by atoms with Gasteiger partial charge in [0.05, 0.1) is 19.4 Å². The Morgan fingerprint density at radius 3 is 2.11 bits per heavy atom. The highest BCUT2D eigenvalue weighted by molar-refractivity contribution is 5.92. The maximum absolute atomic E-state index is 12.5. The SMILES string of the molecule is COC(=O)C1O[C@@H](Oc2ccc(CO)cc2NC(=O)CCN)C(OC(C)=O)C(OC(C)=O)[C@@H]1OC(C)=O. The molecule has 0 radical (unpaired) electrons. The zero-order chi connectivity index (χ0) is 27.7. The van der Waals surface area contributed by atoms with Gasteiger partial charge in [-0.25, -0.2) is 4.79 Å². The van der Waals surface area contributed by atoms with Crippen molar-refractivity contribution in [2.75, 3.05) is 19.0 Å². The lowest BCUT2D eigenvalue weighted by molar-refractivity contribution is -0.282. The first-order chi connectivity index (χ1) is 17.5. The van der Waals surface area contributed by atoms with Crippen molar-refractivity contribution in [1.29, 1.82) is 0 Å². The minimum absolute atomic E-state index is 0.0121. The number of anilines is 1. The van der Waals surface area contributed by atoms with Crippen molar-refractivity contribution in [3.8, 4) is 5.75 Å². The molecular formula is C23H30N2O12. The molecule has 0 saturated carbocycles. The van der Waals surface area contributed by atoms with Crippen LogP contribution in [0.5, 0.6) is 5.75 Å². The van der Waals surface area contributed by atoms with E-state index >= 15 is 0 Å². The summed E-state index contributed by atoms with van der Waals surface area (Å²) in [6.07, 6.45) is -7.91. The molecule has 204 valence electrons. The number of amides is 1. The lowest BCUT2D eigenvalue weighted by atomic mass is 9.97. The Labute approximate surface area is 212 Å². The van der Waals surface area contributed by atoms with Crippen LogP contribution in [0.25, 0.3) is 0 Å². The van der Waals surface area contributed by atoms with Gasteiger partial charge in [-0.2, -0.15) is 0 Å². The van der Waals surface area contributed by atoms with Crippen LogP contribution in [0.4, 0.5) is 5.69 Å². The number of nitrogens with one attached hydrogen (secondary N) is 1. The molecule has 1 aliphatic heterocycles. The van der Waals surface area contributed by atoms with Gasteiger partial charge in [0.1, 0.15) is 5.75 Å². The van der Waals surface area contributed by atoms with E-state index in [1.165, 1.54) is 18.2 Å². The number of aliphatic hydroxyl groups is 1. The Kier molecular flexibility index (Phi) is 10.8. The van der Waals surface area contributed by atoms with Crippen LogP contribution < -0.4 is 15.8 Å². The van der Waals surface area contributed by atoms with Crippen molar-refractivity contribution in [3.05, 3.63) is 23.8 Å². The van der Waals surface area contributed by atoms with Gasteiger partial charge in [-0.1, -0.05) is 6.07 Å². The van der Waals surface area contributed by atoms with E-state index in [0.29, 0.717) is 5.56 Å². The normalized spacial score (nSPS) is 22.8. The summed E-state index contributed by atoms with van der Waals surface area (Å²) in [5, 5.41) is 12.1. The molecule has 3 unspecified atom stereocenters. The maximum Gasteiger partial charge on any atom is 0.339 e. The third-order valence-electron chi connectivity index (χ3n) is 4.95. The van der Waals surface area contributed by atoms with Crippen molar-refractivity contribution in [2.45, 2.75) is 64.5 Å². The summed E-state index contributed by atoms with van der Waals surface area (Å²) in [6, 6.07) is 4.31. The number of hydrogen-bond donors (Lipinski definition) is 3. The smallest absolute Gasteiger partial charge is 0.339 e. The summed E-state index contributed by atoms with van der Waals surface area (Å²) in [4.78, 5) is 60.4. The Hall–Kier alpha value is -3.75. The molecule has 37 heavy (non-hydrogen) atoms. The summed E-state index contributed by atoms with van der Waals surface area (Å²) in [5.74, 6) is -3.98. The van der Waals surface area contributed by atoms with Crippen LogP contribution in [0, 0.1) is 0 Å². The number of rotatable bonds is 10. The van der Waals surface area contributed by atoms with Gasteiger partial charge in [0.2, 0.25) is 18.3 Å². The van der Waals surface area contributed by atoms with Crippen molar-refractivity contribution in [3.63, 3.8) is 0 Å². The predicted molar refractivity (Wildman–Crippen MR) is 123 cm³/mol. The third-order valence-corrected chi connectivity index (χ3v) is 4.95. The minimum Gasteiger partial charge on any atom is -0.467 e. The number of nitrogens with two attached hydrogens (primary N) is 1. The monoisotopic (exact) mass is 526 g/mol. The number of aliphatic hydroxyl groups excluding tert-OH is 1. The van der Waals surface area contributed by atoms with Gasteiger partial charge in [-0.15, -0.1) is 0 Å². The molecule has 5 atom stereocenters. The van der Waals surface area contributed by atoms with E-state index in [4.69, 9.17) is 34.2 Å². The van der Waals surface area contributed by atoms with Gasteiger partial charge < -0.3 is 44.6 Å². The van der Waals surface area contributed by atoms with Crippen molar-refractivity contribution >= 4 is 35.5 Å².